The van der Waals surface area contributed by atoms with Crippen molar-refractivity contribution in [2.75, 3.05) is 31.1 Å². The summed E-state index contributed by atoms with van der Waals surface area (Å²) >= 11 is 12.8. The number of hydrogen-bond donors (Lipinski definition) is 1. The van der Waals surface area contributed by atoms with Gasteiger partial charge in [-0.25, -0.2) is 0 Å². The van der Waals surface area contributed by atoms with E-state index in [2.05, 4.69) is 10.2 Å². The lowest BCUT2D eigenvalue weighted by Crippen LogP contribution is -2.43. The summed E-state index contributed by atoms with van der Waals surface area (Å²) in [6.07, 6.45) is 0. The van der Waals surface area contributed by atoms with E-state index < -0.39 is 0 Å². The van der Waals surface area contributed by atoms with Crippen LogP contribution in [0.4, 0.5) is 5.69 Å². The minimum Gasteiger partial charge on any atom is -0.487 e. The van der Waals surface area contributed by atoms with Crippen LogP contribution in [0.5, 0.6) is 5.75 Å². The summed E-state index contributed by atoms with van der Waals surface area (Å²) in [6, 6.07) is 13.9. The van der Waals surface area contributed by atoms with Crippen LogP contribution >= 0.6 is 23.2 Å². The van der Waals surface area contributed by atoms with Gasteiger partial charge in [-0.15, -0.1) is 0 Å². The first-order valence-corrected chi connectivity index (χ1v) is 8.11. The minimum atomic E-state index is 0.476. The number of anilines is 1. The van der Waals surface area contributed by atoms with Crippen LogP contribution in [0.2, 0.25) is 10.0 Å². The Morgan fingerprint density at radius 2 is 1.68 bits per heavy atom. The van der Waals surface area contributed by atoms with Crippen molar-refractivity contribution in [1.29, 1.82) is 0 Å². The van der Waals surface area contributed by atoms with Gasteiger partial charge in [0, 0.05) is 26.2 Å². The average molecular weight is 337 g/mol. The number of ether oxygens (including phenoxy) is 1. The van der Waals surface area contributed by atoms with Crippen molar-refractivity contribution in [1.82, 2.24) is 5.32 Å². The highest BCUT2D eigenvalue weighted by Gasteiger charge is 2.17. The molecule has 1 aliphatic rings. The van der Waals surface area contributed by atoms with Crippen molar-refractivity contribution >= 4 is 28.9 Å². The normalized spacial score (nSPS) is 14.9. The van der Waals surface area contributed by atoms with Crippen LogP contribution < -0.4 is 15.0 Å². The van der Waals surface area contributed by atoms with Gasteiger partial charge in [0.1, 0.15) is 17.4 Å². The fourth-order valence-corrected chi connectivity index (χ4v) is 3.01. The van der Waals surface area contributed by atoms with Gasteiger partial charge in [-0.3, -0.25) is 0 Å². The molecule has 0 spiro atoms. The number of piperazine rings is 1. The van der Waals surface area contributed by atoms with Gasteiger partial charge in [0.05, 0.1) is 10.7 Å². The van der Waals surface area contributed by atoms with E-state index in [0.29, 0.717) is 22.4 Å². The Labute approximate surface area is 140 Å². The van der Waals surface area contributed by atoms with E-state index in [4.69, 9.17) is 27.9 Å². The maximum atomic E-state index is 6.44. The van der Waals surface area contributed by atoms with Crippen LogP contribution in [0, 0.1) is 0 Å². The van der Waals surface area contributed by atoms with Gasteiger partial charge < -0.3 is 15.0 Å². The standard InChI is InChI=1S/C17H18Cl2N2O/c18-16-14(21-10-8-20-9-11-21)6-7-15(17(16)19)22-12-13-4-2-1-3-5-13/h1-7,20H,8-12H2. The largest absolute Gasteiger partial charge is 0.487 e. The molecule has 0 aliphatic carbocycles. The van der Waals surface area contributed by atoms with E-state index in [9.17, 15) is 0 Å². The minimum absolute atomic E-state index is 0.476. The zero-order valence-corrected chi connectivity index (χ0v) is 13.7. The van der Waals surface area contributed by atoms with Crippen molar-refractivity contribution in [3.8, 4) is 5.75 Å². The molecular formula is C17H18Cl2N2O. The molecule has 116 valence electrons. The third-order valence-corrected chi connectivity index (χ3v) is 4.58. The van der Waals surface area contributed by atoms with Crippen molar-refractivity contribution < 1.29 is 4.74 Å². The van der Waals surface area contributed by atoms with E-state index in [1.54, 1.807) is 0 Å². The Morgan fingerprint density at radius 3 is 2.41 bits per heavy atom. The number of benzene rings is 2. The molecular weight excluding hydrogens is 319 g/mol. The molecule has 3 nitrogen and oxygen atoms in total. The molecule has 1 fully saturated rings. The third kappa shape index (κ3) is 3.49. The van der Waals surface area contributed by atoms with Crippen molar-refractivity contribution in [3.63, 3.8) is 0 Å². The summed E-state index contributed by atoms with van der Waals surface area (Å²) in [5.74, 6) is 0.620. The molecule has 0 radical (unpaired) electrons. The van der Waals surface area contributed by atoms with Crippen molar-refractivity contribution in [3.05, 3.63) is 58.1 Å². The molecule has 2 aromatic carbocycles. The second kappa shape index (κ2) is 7.23. The molecule has 0 saturated carbocycles. The molecule has 1 saturated heterocycles. The molecule has 0 bridgehead atoms. The van der Waals surface area contributed by atoms with Crippen LogP contribution in [0.1, 0.15) is 5.56 Å². The second-order valence-corrected chi connectivity index (χ2v) is 5.98. The summed E-state index contributed by atoms with van der Waals surface area (Å²) in [5.41, 5.74) is 2.07. The Balaban J connectivity index is 1.74. The lowest BCUT2D eigenvalue weighted by atomic mass is 10.2. The molecule has 1 aliphatic heterocycles. The fourth-order valence-electron chi connectivity index (χ4n) is 2.52. The van der Waals surface area contributed by atoms with Crippen LogP contribution in [0.15, 0.2) is 42.5 Å². The monoisotopic (exact) mass is 336 g/mol. The first-order valence-electron chi connectivity index (χ1n) is 7.36. The molecule has 2 aromatic rings. The molecule has 5 heteroatoms. The van der Waals surface area contributed by atoms with Gasteiger partial charge in [0.15, 0.2) is 0 Å². The summed E-state index contributed by atoms with van der Waals surface area (Å²) in [6.45, 7) is 4.25. The topological polar surface area (TPSA) is 24.5 Å². The average Bonchev–Trinajstić information content (AvgIpc) is 2.58. The third-order valence-electron chi connectivity index (χ3n) is 3.72. The van der Waals surface area contributed by atoms with Crippen molar-refractivity contribution in [2.24, 2.45) is 0 Å². The lowest BCUT2D eigenvalue weighted by Gasteiger charge is -2.30. The Bertz CT molecular complexity index is 628. The van der Waals surface area contributed by atoms with Gasteiger partial charge >= 0.3 is 0 Å². The zero-order valence-electron chi connectivity index (χ0n) is 12.2. The maximum absolute atomic E-state index is 6.44. The van der Waals surface area contributed by atoms with Gasteiger partial charge in [-0.1, -0.05) is 53.5 Å². The van der Waals surface area contributed by atoms with Gasteiger partial charge in [-0.2, -0.15) is 0 Å². The predicted molar refractivity (Wildman–Crippen MR) is 92.3 cm³/mol. The lowest BCUT2D eigenvalue weighted by molar-refractivity contribution is 0.306. The molecule has 1 heterocycles. The Kier molecular flexibility index (Phi) is 5.08. The number of hydrogen-bond acceptors (Lipinski definition) is 3. The Morgan fingerprint density at radius 1 is 0.955 bits per heavy atom. The van der Waals surface area contributed by atoms with Crippen molar-refractivity contribution in [2.45, 2.75) is 6.61 Å². The van der Waals surface area contributed by atoms with Crippen LogP contribution in [-0.2, 0) is 6.61 Å². The van der Waals surface area contributed by atoms with Crippen LogP contribution in [0.3, 0.4) is 0 Å². The molecule has 0 atom stereocenters. The quantitative estimate of drug-likeness (QED) is 0.913. The summed E-state index contributed by atoms with van der Waals surface area (Å²) < 4.78 is 5.80. The fraction of sp³-hybridized carbons (Fsp3) is 0.294. The van der Waals surface area contributed by atoms with Gasteiger partial charge in [0.2, 0.25) is 0 Å². The summed E-state index contributed by atoms with van der Waals surface area (Å²) in [7, 11) is 0. The first-order chi connectivity index (χ1) is 10.8. The van der Waals surface area contributed by atoms with E-state index in [-0.39, 0.29) is 0 Å². The van der Waals surface area contributed by atoms with E-state index >= 15 is 0 Å². The number of nitrogens with zero attached hydrogens (tertiary/aromatic N) is 1. The molecule has 3 rings (SSSR count). The second-order valence-electron chi connectivity index (χ2n) is 5.22. The summed E-state index contributed by atoms with van der Waals surface area (Å²) in [5, 5.41) is 4.37. The molecule has 0 aromatic heterocycles. The number of nitrogens with one attached hydrogen (secondary N) is 1. The maximum Gasteiger partial charge on any atom is 0.140 e. The molecule has 22 heavy (non-hydrogen) atoms. The predicted octanol–water partition coefficient (Wildman–Crippen LogP) is 3.98. The van der Waals surface area contributed by atoms with E-state index in [0.717, 1.165) is 37.4 Å². The number of rotatable bonds is 4. The van der Waals surface area contributed by atoms with E-state index in [1.807, 2.05) is 42.5 Å². The molecule has 1 N–H and O–H groups in total. The Hall–Kier alpha value is -1.42. The summed E-state index contributed by atoms with van der Waals surface area (Å²) in [4.78, 5) is 2.24. The highest BCUT2D eigenvalue weighted by atomic mass is 35.5. The van der Waals surface area contributed by atoms with Gasteiger partial charge in [0.25, 0.3) is 0 Å². The van der Waals surface area contributed by atoms with E-state index in [1.165, 1.54) is 0 Å². The van der Waals surface area contributed by atoms with Crippen LogP contribution in [-0.4, -0.2) is 26.2 Å². The highest BCUT2D eigenvalue weighted by molar-refractivity contribution is 6.44. The van der Waals surface area contributed by atoms with Gasteiger partial charge in [-0.05, 0) is 17.7 Å². The van der Waals surface area contributed by atoms with Crippen LogP contribution in [0.25, 0.3) is 0 Å². The first kappa shape index (κ1) is 15.5. The SMILES string of the molecule is Clc1c(OCc2ccccc2)ccc(N2CCNCC2)c1Cl. The smallest absolute Gasteiger partial charge is 0.140 e. The molecule has 0 unspecified atom stereocenters. The molecule has 0 amide bonds. The zero-order chi connectivity index (χ0) is 15.4. The number of halogens is 2. The highest BCUT2D eigenvalue weighted by Crippen LogP contribution is 2.39.